The van der Waals surface area contributed by atoms with Crippen LogP contribution in [0.4, 0.5) is 26.3 Å². The Hall–Kier alpha value is -0.440. The van der Waals surface area contributed by atoms with Gasteiger partial charge in [-0.2, -0.15) is 26.3 Å². The monoisotopic (exact) mass is 267 g/mol. The molecule has 1 aromatic rings. The quantitative estimate of drug-likeness (QED) is 0.637. The fourth-order valence-corrected chi connectivity index (χ4v) is 1.92. The molecule has 0 aromatic carbocycles. The molecule has 1 rings (SSSR count). The fraction of sp³-hybridized carbons (Fsp3) is 0.333. The molecule has 0 aliphatic rings. The lowest BCUT2D eigenvalue weighted by Gasteiger charge is -2.02. The second kappa shape index (κ2) is 4.20. The van der Waals surface area contributed by atoms with Crippen LogP contribution in [-0.4, -0.2) is 16.0 Å². The standard InChI is InChI=1S/C6H3F6NS2/c7-5(8,9)14-3-1-4(13-2-3)15-6(10,11)12/h1-2,13H. The molecular weight excluding hydrogens is 264 g/mol. The molecule has 0 atom stereocenters. The van der Waals surface area contributed by atoms with Crippen LogP contribution in [0.25, 0.3) is 0 Å². The number of thioether (sulfide) groups is 2. The Morgan fingerprint density at radius 2 is 1.47 bits per heavy atom. The van der Waals surface area contributed by atoms with Crippen LogP contribution < -0.4 is 0 Å². The number of aromatic amines is 1. The molecule has 0 aliphatic heterocycles. The maximum Gasteiger partial charge on any atom is 0.447 e. The Balaban J connectivity index is 2.65. The second-order valence-corrected chi connectivity index (χ2v) is 4.54. The number of halogens is 6. The van der Waals surface area contributed by atoms with Crippen molar-refractivity contribution in [3.05, 3.63) is 12.3 Å². The molecule has 1 heterocycles. The van der Waals surface area contributed by atoms with Crippen LogP contribution in [0, 0.1) is 0 Å². The highest BCUT2D eigenvalue weighted by Crippen LogP contribution is 2.41. The van der Waals surface area contributed by atoms with Crippen LogP contribution in [0.5, 0.6) is 0 Å². The smallest absolute Gasteiger partial charge is 0.355 e. The molecule has 1 nitrogen and oxygen atoms in total. The van der Waals surface area contributed by atoms with Crippen LogP contribution in [0.15, 0.2) is 22.2 Å². The molecule has 0 spiro atoms. The Kier molecular flexibility index (Phi) is 3.54. The van der Waals surface area contributed by atoms with E-state index in [0.29, 0.717) is 0 Å². The minimum atomic E-state index is -4.51. The molecule has 0 saturated heterocycles. The molecule has 0 fully saturated rings. The summed E-state index contributed by atoms with van der Waals surface area (Å²) in [6.45, 7) is 0. The highest BCUT2D eigenvalue weighted by molar-refractivity contribution is 8.01. The van der Waals surface area contributed by atoms with Crippen molar-refractivity contribution in [3.8, 4) is 0 Å². The minimum absolute atomic E-state index is 0.297. The van der Waals surface area contributed by atoms with Crippen LogP contribution in [-0.2, 0) is 0 Å². The van der Waals surface area contributed by atoms with Gasteiger partial charge in [0.15, 0.2) is 0 Å². The van der Waals surface area contributed by atoms with Crippen LogP contribution >= 0.6 is 23.5 Å². The molecule has 15 heavy (non-hydrogen) atoms. The van der Waals surface area contributed by atoms with E-state index in [9.17, 15) is 26.3 Å². The van der Waals surface area contributed by atoms with E-state index in [1.54, 1.807) is 0 Å². The number of hydrogen-bond donors (Lipinski definition) is 1. The highest BCUT2D eigenvalue weighted by atomic mass is 32.2. The lowest BCUT2D eigenvalue weighted by atomic mass is 10.7. The number of nitrogens with one attached hydrogen (secondary N) is 1. The first-order valence-corrected chi connectivity index (χ1v) is 4.99. The van der Waals surface area contributed by atoms with Gasteiger partial charge in [0.25, 0.3) is 0 Å². The number of H-pyrrole nitrogens is 1. The van der Waals surface area contributed by atoms with E-state index in [1.165, 1.54) is 0 Å². The molecule has 0 amide bonds. The second-order valence-electron chi connectivity index (χ2n) is 2.30. The molecule has 86 valence electrons. The summed E-state index contributed by atoms with van der Waals surface area (Å²) in [7, 11) is 0. The van der Waals surface area contributed by atoms with E-state index < -0.39 is 34.5 Å². The molecule has 1 aromatic heterocycles. The Bertz CT molecular complexity index is 297. The number of alkyl halides is 6. The predicted octanol–water partition coefficient (Wildman–Crippen LogP) is 4.24. The van der Waals surface area contributed by atoms with Crippen LogP contribution in [0.2, 0.25) is 0 Å². The topological polar surface area (TPSA) is 15.8 Å². The molecule has 0 bridgehead atoms. The first-order valence-electron chi connectivity index (χ1n) is 3.36. The van der Waals surface area contributed by atoms with Crippen molar-refractivity contribution < 1.29 is 26.3 Å². The zero-order valence-electron chi connectivity index (χ0n) is 6.74. The molecular formula is C6H3F6NS2. The van der Waals surface area contributed by atoms with Gasteiger partial charge >= 0.3 is 11.0 Å². The lowest BCUT2D eigenvalue weighted by Crippen LogP contribution is -1.99. The summed E-state index contributed by atoms with van der Waals surface area (Å²) < 4.78 is 70.8. The van der Waals surface area contributed by atoms with Gasteiger partial charge in [-0.15, -0.1) is 0 Å². The van der Waals surface area contributed by atoms with E-state index >= 15 is 0 Å². The first kappa shape index (κ1) is 12.6. The zero-order chi connectivity index (χ0) is 11.7. The van der Waals surface area contributed by atoms with Crippen molar-refractivity contribution >= 4 is 23.5 Å². The van der Waals surface area contributed by atoms with Gasteiger partial charge in [-0.3, -0.25) is 0 Å². The van der Waals surface area contributed by atoms with Gasteiger partial charge in [-0.25, -0.2) is 0 Å². The molecule has 1 N–H and O–H groups in total. The van der Waals surface area contributed by atoms with Crippen molar-refractivity contribution in [2.24, 2.45) is 0 Å². The van der Waals surface area contributed by atoms with Crippen molar-refractivity contribution in [1.82, 2.24) is 4.98 Å². The first-order chi connectivity index (χ1) is 6.66. The SMILES string of the molecule is FC(F)(F)Sc1c[nH]c(SC(F)(F)F)c1. The summed E-state index contributed by atoms with van der Waals surface area (Å²) in [5.41, 5.74) is -9.01. The number of aromatic nitrogens is 1. The minimum Gasteiger partial charge on any atom is -0.355 e. The van der Waals surface area contributed by atoms with Crippen molar-refractivity contribution in [1.29, 1.82) is 0 Å². The van der Waals surface area contributed by atoms with Crippen molar-refractivity contribution in [3.63, 3.8) is 0 Å². The fourth-order valence-electron chi connectivity index (χ4n) is 0.731. The van der Waals surface area contributed by atoms with E-state index in [4.69, 9.17) is 0 Å². The molecule has 0 aliphatic carbocycles. The maximum atomic E-state index is 11.8. The predicted molar refractivity (Wildman–Crippen MR) is 44.6 cm³/mol. The van der Waals surface area contributed by atoms with E-state index in [2.05, 4.69) is 4.98 Å². The highest BCUT2D eigenvalue weighted by Gasteiger charge is 2.32. The third-order valence-electron chi connectivity index (χ3n) is 1.09. The Labute approximate surface area is 88.6 Å². The molecule has 0 saturated carbocycles. The number of hydrogen-bond acceptors (Lipinski definition) is 2. The van der Waals surface area contributed by atoms with Crippen LogP contribution in [0.1, 0.15) is 0 Å². The van der Waals surface area contributed by atoms with Gasteiger partial charge < -0.3 is 4.98 Å². The van der Waals surface area contributed by atoms with Gasteiger partial charge in [0, 0.05) is 22.9 Å². The van der Waals surface area contributed by atoms with Gasteiger partial charge in [-0.1, -0.05) is 0 Å². The summed E-state index contributed by atoms with van der Waals surface area (Å²) in [5.74, 6) is 0. The lowest BCUT2D eigenvalue weighted by molar-refractivity contribution is -0.0336. The summed E-state index contributed by atoms with van der Waals surface area (Å²) in [6.07, 6.45) is 0.881. The van der Waals surface area contributed by atoms with Gasteiger partial charge in [0.05, 0.1) is 5.03 Å². The Morgan fingerprint density at radius 1 is 0.933 bits per heavy atom. The molecule has 0 radical (unpaired) electrons. The average molecular weight is 267 g/mol. The van der Waals surface area contributed by atoms with E-state index in [0.717, 1.165) is 12.3 Å². The van der Waals surface area contributed by atoms with E-state index in [1.807, 2.05) is 0 Å². The summed E-state index contributed by atoms with van der Waals surface area (Å²) in [6, 6.07) is 0.802. The van der Waals surface area contributed by atoms with Crippen LogP contribution in [0.3, 0.4) is 0 Å². The summed E-state index contributed by atoms with van der Waals surface area (Å²) in [5, 5.41) is -0.366. The van der Waals surface area contributed by atoms with Gasteiger partial charge in [0.2, 0.25) is 0 Å². The van der Waals surface area contributed by atoms with E-state index in [-0.39, 0.29) is 9.92 Å². The van der Waals surface area contributed by atoms with Gasteiger partial charge in [0.1, 0.15) is 0 Å². The maximum absolute atomic E-state index is 11.8. The average Bonchev–Trinajstić information content (AvgIpc) is 2.28. The number of rotatable bonds is 2. The Morgan fingerprint density at radius 3 is 1.93 bits per heavy atom. The summed E-state index contributed by atoms with van der Waals surface area (Å²) >= 11 is -0.953. The third-order valence-corrected chi connectivity index (χ3v) is 2.48. The molecule has 9 heteroatoms. The summed E-state index contributed by atoms with van der Waals surface area (Å²) in [4.78, 5) is 1.81. The normalized spacial score (nSPS) is 13.2. The zero-order valence-corrected chi connectivity index (χ0v) is 8.37. The van der Waals surface area contributed by atoms with Crippen molar-refractivity contribution in [2.75, 3.05) is 0 Å². The van der Waals surface area contributed by atoms with Gasteiger partial charge in [-0.05, 0) is 17.8 Å². The third kappa shape index (κ3) is 5.26. The van der Waals surface area contributed by atoms with Crippen molar-refractivity contribution in [2.45, 2.75) is 20.9 Å². The molecule has 0 unspecified atom stereocenters. The largest absolute Gasteiger partial charge is 0.447 e.